The van der Waals surface area contributed by atoms with Crippen molar-refractivity contribution in [3.63, 3.8) is 0 Å². The molecule has 0 aromatic heterocycles. The summed E-state index contributed by atoms with van der Waals surface area (Å²) in [6.45, 7) is 5.24. The Hall–Kier alpha value is -1.47. The molecule has 0 aromatic rings. The van der Waals surface area contributed by atoms with Gasteiger partial charge < -0.3 is 16.6 Å². The van der Waals surface area contributed by atoms with Crippen molar-refractivity contribution in [2.24, 2.45) is 17.4 Å². The van der Waals surface area contributed by atoms with Crippen LogP contribution in [0, 0.1) is 5.92 Å². The fourth-order valence-corrected chi connectivity index (χ4v) is 2.86. The molecule has 26 heavy (non-hydrogen) atoms. The maximum absolute atomic E-state index is 12.6. The zero-order chi connectivity index (χ0) is 20.2. The normalized spacial score (nSPS) is 12.7. The molecule has 0 aromatic carbocycles. The van der Waals surface area contributed by atoms with E-state index >= 15 is 0 Å². The van der Waals surface area contributed by atoms with Crippen molar-refractivity contribution in [1.82, 2.24) is 4.90 Å². The van der Waals surface area contributed by atoms with Gasteiger partial charge in [-0.1, -0.05) is 65.7 Å². The second-order valence-corrected chi connectivity index (χ2v) is 7.33. The minimum Gasteiger partial charge on any atom is -0.480 e. The van der Waals surface area contributed by atoms with Crippen LogP contribution in [0.2, 0.25) is 0 Å². The van der Waals surface area contributed by atoms with Gasteiger partial charge >= 0.3 is 5.97 Å². The molecular weight excluding hydrogens is 334 g/mol. The summed E-state index contributed by atoms with van der Waals surface area (Å²) in [4.78, 5) is 37.0. The third kappa shape index (κ3) is 10.5. The molecule has 0 aliphatic rings. The number of imide groups is 1. The Morgan fingerprint density at radius 3 is 2.12 bits per heavy atom. The van der Waals surface area contributed by atoms with E-state index in [1.807, 2.05) is 0 Å². The molecule has 0 rings (SSSR count). The highest BCUT2D eigenvalue weighted by atomic mass is 16.4. The Balaban J connectivity index is 4.86. The van der Waals surface area contributed by atoms with Gasteiger partial charge in [0.25, 0.3) is 0 Å². The van der Waals surface area contributed by atoms with Crippen LogP contribution in [-0.4, -0.2) is 40.0 Å². The van der Waals surface area contributed by atoms with E-state index in [1.54, 1.807) is 6.92 Å². The predicted molar refractivity (Wildman–Crippen MR) is 102 cm³/mol. The van der Waals surface area contributed by atoms with Crippen LogP contribution in [0.25, 0.3) is 0 Å². The first-order valence-corrected chi connectivity index (χ1v) is 9.78. The number of carboxylic acid groups (broad SMARTS) is 1. The van der Waals surface area contributed by atoms with E-state index in [-0.39, 0.29) is 6.42 Å². The molecule has 0 bridgehead atoms. The number of aliphatic carboxylic acids is 1. The fraction of sp³-hybridized carbons (Fsp3) is 0.842. The zero-order valence-electron chi connectivity index (χ0n) is 16.6. The third-order valence-corrected chi connectivity index (χ3v) is 4.50. The Kier molecular flexibility index (Phi) is 12.1. The number of carboxylic acids is 1. The predicted octanol–water partition coefficient (Wildman–Crippen LogP) is 2.62. The quantitative estimate of drug-likeness (QED) is 0.318. The molecule has 0 radical (unpaired) electrons. The van der Waals surface area contributed by atoms with Gasteiger partial charge in [0.05, 0.1) is 12.1 Å². The van der Waals surface area contributed by atoms with Crippen LogP contribution in [0.5, 0.6) is 0 Å². The molecule has 0 aliphatic heterocycles. The van der Waals surface area contributed by atoms with Crippen molar-refractivity contribution >= 4 is 17.8 Å². The van der Waals surface area contributed by atoms with E-state index in [9.17, 15) is 14.4 Å². The van der Waals surface area contributed by atoms with Crippen molar-refractivity contribution < 1.29 is 19.5 Å². The molecular formula is C19H37N3O4. The summed E-state index contributed by atoms with van der Waals surface area (Å²) in [7, 11) is 0. The molecule has 7 nitrogen and oxygen atoms in total. The van der Waals surface area contributed by atoms with Crippen molar-refractivity contribution in [2.45, 2.75) is 90.6 Å². The lowest BCUT2D eigenvalue weighted by atomic mass is 9.97. The fourth-order valence-electron chi connectivity index (χ4n) is 2.86. The standard InChI is InChI=1S/C19H37N3O4/c1-4-6-8-9-11-15(3)18(26)22(14-17(24)25)16(23)13-19(20,21)12-10-7-5-2/h15H,4-14,20-21H2,1-3H3,(H,24,25). The molecule has 0 heterocycles. The van der Waals surface area contributed by atoms with Crippen LogP contribution in [0.3, 0.4) is 0 Å². The molecule has 7 heteroatoms. The summed E-state index contributed by atoms with van der Waals surface area (Å²) in [6.07, 6.45) is 7.69. The summed E-state index contributed by atoms with van der Waals surface area (Å²) in [5, 5.41) is 9.07. The molecule has 1 unspecified atom stereocenters. The van der Waals surface area contributed by atoms with Gasteiger partial charge in [-0.15, -0.1) is 0 Å². The highest BCUT2D eigenvalue weighted by molar-refractivity contribution is 5.99. The van der Waals surface area contributed by atoms with E-state index < -0.39 is 35.9 Å². The molecule has 5 N–H and O–H groups in total. The third-order valence-electron chi connectivity index (χ3n) is 4.50. The van der Waals surface area contributed by atoms with Crippen LogP contribution in [0.15, 0.2) is 0 Å². The van der Waals surface area contributed by atoms with Crippen molar-refractivity contribution in [3.05, 3.63) is 0 Å². The van der Waals surface area contributed by atoms with Crippen LogP contribution in [-0.2, 0) is 14.4 Å². The van der Waals surface area contributed by atoms with Crippen molar-refractivity contribution in [1.29, 1.82) is 0 Å². The van der Waals surface area contributed by atoms with E-state index in [2.05, 4.69) is 13.8 Å². The first-order chi connectivity index (χ1) is 12.1. The number of rotatable bonds is 14. The Morgan fingerprint density at radius 2 is 1.58 bits per heavy atom. The van der Waals surface area contributed by atoms with E-state index in [0.717, 1.165) is 49.8 Å². The van der Waals surface area contributed by atoms with E-state index in [0.29, 0.717) is 12.8 Å². The summed E-state index contributed by atoms with van der Waals surface area (Å²) < 4.78 is 0. The van der Waals surface area contributed by atoms with Gasteiger partial charge in [0.1, 0.15) is 6.54 Å². The van der Waals surface area contributed by atoms with Crippen LogP contribution < -0.4 is 11.5 Å². The Morgan fingerprint density at radius 1 is 1.00 bits per heavy atom. The van der Waals surface area contributed by atoms with Crippen molar-refractivity contribution in [2.75, 3.05) is 6.54 Å². The van der Waals surface area contributed by atoms with Gasteiger partial charge in [-0.2, -0.15) is 0 Å². The van der Waals surface area contributed by atoms with Gasteiger partial charge in [-0.25, -0.2) is 0 Å². The Bertz CT molecular complexity index is 452. The maximum atomic E-state index is 12.6. The number of hydrogen-bond donors (Lipinski definition) is 3. The lowest BCUT2D eigenvalue weighted by molar-refractivity contribution is -0.155. The van der Waals surface area contributed by atoms with Gasteiger partial charge in [-0.05, 0) is 12.8 Å². The molecule has 0 aliphatic carbocycles. The zero-order valence-corrected chi connectivity index (χ0v) is 16.6. The van der Waals surface area contributed by atoms with E-state index in [1.165, 1.54) is 0 Å². The van der Waals surface area contributed by atoms with Crippen molar-refractivity contribution in [3.8, 4) is 0 Å². The number of amides is 2. The SMILES string of the molecule is CCCCCCC(C)C(=O)N(CC(=O)O)C(=O)CC(N)(N)CCCCC. The average Bonchev–Trinajstić information content (AvgIpc) is 2.55. The molecule has 2 amide bonds. The lowest BCUT2D eigenvalue weighted by Crippen LogP contribution is -2.54. The van der Waals surface area contributed by atoms with Gasteiger partial charge in [0.2, 0.25) is 11.8 Å². The number of nitrogens with zero attached hydrogens (tertiary/aromatic N) is 1. The largest absolute Gasteiger partial charge is 0.480 e. The molecule has 0 spiro atoms. The van der Waals surface area contributed by atoms with Gasteiger partial charge in [0.15, 0.2) is 0 Å². The first kappa shape index (κ1) is 24.5. The summed E-state index contributed by atoms with van der Waals surface area (Å²) in [5.41, 5.74) is 10.7. The topological polar surface area (TPSA) is 127 Å². The molecule has 0 saturated heterocycles. The minimum atomic E-state index is -1.23. The number of carbonyl (C=O) groups is 3. The Labute approximate surface area is 157 Å². The molecule has 0 fully saturated rings. The van der Waals surface area contributed by atoms with Gasteiger partial charge in [-0.3, -0.25) is 19.3 Å². The number of nitrogens with two attached hydrogens (primary N) is 2. The highest BCUT2D eigenvalue weighted by Gasteiger charge is 2.32. The highest BCUT2D eigenvalue weighted by Crippen LogP contribution is 2.17. The van der Waals surface area contributed by atoms with Gasteiger partial charge in [0, 0.05) is 5.92 Å². The van der Waals surface area contributed by atoms with Crippen LogP contribution >= 0.6 is 0 Å². The monoisotopic (exact) mass is 371 g/mol. The van der Waals surface area contributed by atoms with Crippen LogP contribution in [0.1, 0.15) is 85.0 Å². The summed E-state index contributed by atoms with van der Waals surface area (Å²) in [5.74, 6) is -2.70. The second kappa shape index (κ2) is 12.8. The summed E-state index contributed by atoms with van der Waals surface area (Å²) >= 11 is 0. The molecule has 152 valence electrons. The number of carbonyl (C=O) groups excluding carboxylic acids is 2. The average molecular weight is 372 g/mol. The van der Waals surface area contributed by atoms with Crippen LogP contribution in [0.4, 0.5) is 0 Å². The minimum absolute atomic E-state index is 0.238. The first-order valence-electron chi connectivity index (χ1n) is 9.78. The smallest absolute Gasteiger partial charge is 0.323 e. The second-order valence-electron chi connectivity index (χ2n) is 7.33. The molecule has 1 atom stereocenters. The van der Waals surface area contributed by atoms with E-state index in [4.69, 9.17) is 16.6 Å². The maximum Gasteiger partial charge on any atom is 0.323 e. The number of hydrogen-bond acceptors (Lipinski definition) is 5. The molecule has 0 saturated carbocycles. The number of unbranched alkanes of at least 4 members (excludes halogenated alkanes) is 5. The lowest BCUT2D eigenvalue weighted by Gasteiger charge is -2.28. The summed E-state index contributed by atoms with van der Waals surface area (Å²) in [6, 6.07) is 0.